The van der Waals surface area contributed by atoms with Crippen LogP contribution in [0.15, 0.2) is 17.0 Å². The van der Waals surface area contributed by atoms with Crippen molar-refractivity contribution in [2.45, 2.75) is 24.7 Å². The second-order valence-corrected chi connectivity index (χ2v) is 6.38. The van der Waals surface area contributed by atoms with E-state index in [1.54, 1.807) is 20.2 Å². The van der Waals surface area contributed by atoms with Gasteiger partial charge < -0.3 is 5.32 Å². The summed E-state index contributed by atoms with van der Waals surface area (Å²) in [6.07, 6.45) is 1.76. The number of nitrogens with zero attached hydrogens (tertiary/aromatic N) is 1. The first-order chi connectivity index (χ1) is 8.42. The molecule has 0 atom stereocenters. The van der Waals surface area contributed by atoms with Gasteiger partial charge in [-0.15, -0.1) is 4.83 Å². The van der Waals surface area contributed by atoms with E-state index in [-0.39, 0.29) is 0 Å². The Morgan fingerprint density at radius 1 is 1.33 bits per heavy atom. The molecule has 1 aromatic rings. The number of hydrogen-bond acceptors (Lipinski definition) is 4. The Bertz CT molecular complexity index is 553. The zero-order valence-corrected chi connectivity index (χ0v) is 11.8. The lowest BCUT2D eigenvalue weighted by molar-refractivity contribution is 0.363. The maximum absolute atomic E-state index is 12.2. The second-order valence-electron chi connectivity index (χ2n) is 4.75. The van der Waals surface area contributed by atoms with E-state index in [0.717, 1.165) is 36.2 Å². The molecule has 18 heavy (non-hydrogen) atoms. The molecule has 2 N–H and O–H groups in total. The van der Waals surface area contributed by atoms with E-state index in [1.807, 2.05) is 13.0 Å². The number of benzene rings is 1. The highest BCUT2D eigenvalue weighted by Gasteiger charge is 2.23. The normalized spacial score (nSPS) is 15.3. The quantitative estimate of drug-likeness (QED) is 0.807. The average molecular weight is 269 g/mol. The van der Waals surface area contributed by atoms with Gasteiger partial charge in [-0.2, -0.15) is 0 Å². The Morgan fingerprint density at radius 3 is 2.72 bits per heavy atom. The minimum atomic E-state index is -3.48. The first-order valence-electron chi connectivity index (χ1n) is 5.98. The zero-order valence-electron chi connectivity index (χ0n) is 10.9. The number of nitrogens with one attached hydrogen (secondary N) is 2. The molecule has 0 spiro atoms. The van der Waals surface area contributed by atoms with Gasteiger partial charge in [0, 0.05) is 26.3 Å². The first-order valence-corrected chi connectivity index (χ1v) is 7.46. The van der Waals surface area contributed by atoms with Crippen molar-refractivity contribution in [2.75, 3.05) is 26.0 Å². The van der Waals surface area contributed by atoms with Crippen molar-refractivity contribution in [1.82, 2.24) is 9.84 Å². The van der Waals surface area contributed by atoms with Gasteiger partial charge in [0.1, 0.15) is 0 Å². The van der Waals surface area contributed by atoms with E-state index in [1.165, 1.54) is 5.01 Å². The highest BCUT2D eigenvalue weighted by Crippen LogP contribution is 2.31. The van der Waals surface area contributed by atoms with Crippen LogP contribution >= 0.6 is 0 Å². The molecule has 0 saturated carbocycles. The lowest BCUT2D eigenvalue weighted by Crippen LogP contribution is -2.36. The fraction of sp³-hybridized carbons (Fsp3) is 0.500. The van der Waals surface area contributed by atoms with Gasteiger partial charge >= 0.3 is 0 Å². The molecule has 1 aliphatic heterocycles. The molecule has 0 bridgehead atoms. The highest BCUT2D eigenvalue weighted by atomic mass is 32.2. The molecule has 6 heteroatoms. The third-order valence-electron chi connectivity index (χ3n) is 2.98. The fourth-order valence-electron chi connectivity index (χ4n) is 2.26. The van der Waals surface area contributed by atoms with E-state index >= 15 is 0 Å². The zero-order chi connectivity index (χ0) is 13.3. The van der Waals surface area contributed by atoms with E-state index in [0.29, 0.717) is 4.90 Å². The topological polar surface area (TPSA) is 61.4 Å². The Hall–Kier alpha value is -1.11. The number of rotatable bonds is 3. The fourth-order valence-corrected chi connectivity index (χ4v) is 3.61. The first kappa shape index (κ1) is 13.3. The van der Waals surface area contributed by atoms with Gasteiger partial charge in [-0.3, -0.25) is 0 Å². The summed E-state index contributed by atoms with van der Waals surface area (Å²) in [5.74, 6) is 0. The summed E-state index contributed by atoms with van der Waals surface area (Å²) >= 11 is 0. The molecule has 0 saturated heterocycles. The predicted octanol–water partition coefficient (Wildman–Crippen LogP) is 1.11. The van der Waals surface area contributed by atoms with Crippen LogP contribution in [0.2, 0.25) is 0 Å². The average Bonchev–Trinajstić information content (AvgIpc) is 2.27. The van der Waals surface area contributed by atoms with Gasteiger partial charge in [-0.25, -0.2) is 13.4 Å². The third-order valence-corrected chi connectivity index (χ3v) is 4.54. The summed E-state index contributed by atoms with van der Waals surface area (Å²) < 4.78 is 24.5. The third kappa shape index (κ3) is 2.50. The van der Waals surface area contributed by atoms with Crippen molar-refractivity contribution in [3.05, 3.63) is 23.3 Å². The van der Waals surface area contributed by atoms with E-state index in [9.17, 15) is 8.42 Å². The summed E-state index contributed by atoms with van der Waals surface area (Å²) in [5, 5.41) is 4.73. The lowest BCUT2D eigenvalue weighted by atomic mass is 10.00. The van der Waals surface area contributed by atoms with Crippen molar-refractivity contribution in [3.8, 4) is 0 Å². The number of anilines is 1. The van der Waals surface area contributed by atoms with Gasteiger partial charge in [0.15, 0.2) is 0 Å². The van der Waals surface area contributed by atoms with E-state index in [2.05, 4.69) is 10.1 Å². The molecular formula is C12H19N3O2S. The number of hydrazine groups is 1. The van der Waals surface area contributed by atoms with Crippen molar-refractivity contribution in [2.24, 2.45) is 0 Å². The van der Waals surface area contributed by atoms with Crippen LogP contribution in [0.5, 0.6) is 0 Å². The minimum Gasteiger partial charge on any atom is -0.385 e. The lowest BCUT2D eigenvalue weighted by Gasteiger charge is -2.23. The van der Waals surface area contributed by atoms with Crippen LogP contribution in [0.1, 0.15) is 17.5 Å². The molecule has 0 aromatic heterocycles. The largest absolute Gasteiger partial charge is 0.385 e. The van der Waals surface area contributed by atoms with Crippen LogP contribution in [0.25, 0.3) is 0 Å². The van der Waals surface area contributed by atoms with Crippen LogP contribution in [0.3, 0.4) is 0 Å². The SMILES string of the molecule is Cc1ccc(S(=O)(=O)NN(C)C)c2c1NCCC2. The van der Waals surface area contributed by atoms with Crippen molar-refractivity contribution in [1.29, 1.82) is 0 Å². The van der Waals surface area contributed by atoms with E-state index < -0.39 is 10.0 Å². The summed E-state index contributed by atoms with van der Waals surface area (Å²) in [4.78, 5) is 2.86. The van der Waals surface area contributed by atoms with Crippen LogP contribution in [-0.2, 0) is 16.4 Å². The van der Waals surface area contributed by atoms with Crippen molar-refractivity contribution >= 4 is 15.7 Å². The molecule has 100 valence electrons. The summed E-state index contributed by atoms with van der Waals surface area (Å²) in [5.41, 5.74) is 2.96. The molecule has 2 rings (SSSR count). The molecule has 1 aromatic carbocycles. The molecule has 1 aliphatic rings. The monoisotopic (exact) mass is 269 g/mol. The molecule has 0 amide bonds. The van der Waals surface area contributed by atoms with Gasteiger partial charge in [-0.05, 0) is 37.0 Å². The molecule has 0 radical (unpaired) electrons. The maximum atomic E-state index is 12.2. The molecule has 1 heterocycles. The number of hydrogen-bond donors (Lipinski definition) is 2. The summed E-state index contributed by atoms with van der Waals surface area (Å²) in [6, 6.07) is 3.54. The minimum absolute atomic E-state index is 0.379. The maximum Gasteiger partial charge on any atom is 0.253 e. The predicted molar refractivity (Wildman–Crippen MR) is 72.0 cm³/mol. The number of fused-ring (bicyclic) bond motifs is 1. The summed E-state index contributed by atoms with van der Waals surface area (Å²) in [6.45, 7) is 2.89. The number of aryl methyl sites for hydroxylation is 1. The van der Waals surface area contributed by atoms with Crippen LogP contribution in [-0.4, -0.2) is 34.1 Å². The second kappa shape index (κ2) is 4.87. The van der Waals surface area contributed by atoms with Crippen LogP contribution in [0, 0.1) is 6.92 Å². The molecular weight excluding hydrogens is 250 g/mol. The van der Waals surface area contributed by atoms with E-state index in [4.69, 9.17) is 0 Å². The Kier molecular flexibility index (Phi) is 3.61. The molecule has 0 aliphatic carbocycles. The Balaban J connectivity index is 2.52. The van der Waals surface area contributed by atoms with Crippen LogP contribution < -0.4 is 10.1 Å². The highest BCUT2D eigenvalue weighted by molar-refractivity contribution is 7.89. The molecule has 5 nitrogen and oxygen atoms in total. The Morgan fingerprint density at radius 2 is 2.06 bits per heavy atom. The molecule has 0 fully saturated rings. The summed E-state index contributed by atoms with van der Waals surface area (Å²) in [7, 11) is -0.156. The van der Waals surface area contributed by atoms with Crippen molar-refractivity contribution < 1.29 is 8.42 Å². The molecule has 0 unspecified atom stereocenters. The van der Waals surface area contributed by atoms with Gasteiger partial charge in [0.2, 0.25) is 0 Å². The Labute approximate surface area is 108 Å². The van der Waals surface area contributed by atoms with Gasteiger partial charge in [-0.1, -0.05) is 6.07 Å². The number of sulfonamides is 1. The van der Waals surface area contributed by atoms with Crippen LogP contribution in [0.4, 0.5) is 5.69 Å². The smallest absolute Gasteiger partial charge is 0.253 e. The van der Waals surface area contributed by atoms with Gasteiger partial charge in [0.25, 0.3) is 10.0 Å². The van der Waals surface area contributed by atoms with Crippen molar-refractivity contribution in [3.63, 3.8) is 0 Å². The van der Waals surface area contributed by atoms with Gasteiger partial charge in [0.05, 0.1) is 4.90 Å². The standard InChI is InChI=1S/C12H19N3O2S/c1-9-6-7-11(18(16,17)14-15(2)3)10-5-4-8-13-12(9)10/h6-7,13-14H,4-5,8H2,1-3H3.